The predicted octanol–water partition coefficient (Wildman–Crippen LogP) is 7.18. The van der Waals surface area contributed by atoms with Crippen LogP contribution in [0.1, 0.15) is 47.1 Å². The molecule has 1 heterocycles. The van der Waals surface area contributed by atoms with Crippen LogP contribution in [0, 0.1) is 5.92 Å². The number of aliphatic hydroxyl groups is 1. The molecule has 4 atom stereocenters. The molecule has 45 heavy (non-hydrogen) atoms. The zero-order valence-electron chi connectivity index (χ0n) is 26.0. The van der Waals surface area contributed by atoms with Crippen molar-refractivity contribution >= 4 is 6.09 Å². The second kappa shape index (κ2) is 15.6. The molecule has 1 aliphatic rings. The van der Waals surface area contributed by atoms with Gasteiger partial charge in [-0.15, -0.1) is 0 Å². The monoisotopic (exact) mass is 606 g/mol. The number of nitrogens with one attached hydrogen (secondary N) is 1. The van der Waals surface area contributed by atoms with E-state index >= 15 is 0 Å². The lowest BCUT2D eigenvalue weighted by molar-refractivity contribution is -0.276. The van der Waals surface area contributed by atoms with Gasteiger partial charge in [-0.05, 0) is 40.4 Å². The maximum Gasteiger partial charge on any atom is 0.407 e. The fourth-order valence-corrected chi connectivity index (χ4v) is 5.72. The highest BCUT2D eigenvalue weighted by Gasteiger charge is 2.38. The molecule has 4 unspecified atom stereocenters. The summed E-state index contributed by atoms with van der Waals surface area (Å²) >= 11 is 0. The molecule has 7 nitrogen and oxygen atoms in total. The third-order valence-corrected chi connectivity index (χ3v) is 8.18. The number of ether oxygens (including phenoxy) is 3. The molecule has 234 valence electrons. The first kappa shape index (κ1) is 32.1. The summed E-state index contributed by atoms with van der Waals surface area (Å²) < 4.78 is 18.4. The van der Waals surface area contributed by atoms with Gasteiger partial charge in [-0.25, -0.2) is 4.79 Å². The predicted molar refractivity (Wildman–Crippen MR) is 176 cm³/mol. The number of alkyl carbamates (subject to hydrolysis) is 1. The molecule has 1 aliphatic heterocycles. The standard InChI is InChI=1S/C38H42N2O5/c1-4-22-43-38(42)39-23-33-12-8-9-13-34(33)30-18-20-32(21-19-30)37-44-35(25-40(3)24-28-10-6-5-7-11-28)27(2)36(45-37)31-16-14-29(26-41)15-17-31/h4-21,27,35-37,41H,1,22-26H2,2-3H3,(H,39,42). The molecule has 4 aromatic rings. The highest BCUT2D eigenvalue weighted by atomic mass is 16.7. The normalized spacial score (nSPS) is 19.6. The summed E-state index contributed by atoms with van der Waals surface area (Å²) in [6.07, 6.45) is 0.247. The van der Waals surface area contributed by atoms with Crippen molar-refractivity contribution < 1.29 is 24.1 Å². The van der Waals surface area contributed by atoms with Crippen LogP contribution in [0.5, 0.6) is 0 Å². The van der Waals surface area contributed by atoms with Crippen molar-refractivity contribution in [3.05, 3.63) is 144 Å². The van der Waals surface area contributed by atoms with Crippen molar-refractivity contribution in [2.75, 3.05) is 20.2 Å². The second-order valence-corrected chi connectivity index (χ2v) is 11.5. The SMILES string of the molecule is C=CCOC(=O)NCc1ccccc1-c1ccc(C2OC(CN(C)Cc3ccccc3)C(C)C(c3ccc(CO)cc3)O2)cc1. The van der Waals surface area contributed by atoms with Crippen LogP contribution in [0.4, 0.5) is 4.79 Å². The molecule has 0 aromatic heterocycles. The first-order chi connectivity index (χ1) is 21.9. The summed E-state index contributed by atoms with van der Waals surface area (Å²) in [7, 11) is 2.12. The lowest BCUT2D eigenvalue weighted by Crippen LogP contribution is -2.43. The molecule has 0 bridgehead atoms. The number of benzene rings is 4. The third-order valence-electron chi connectivity index (χ3n) is 8.18. The van der Waals surface area contributed by atoms with Crippen molar-refractivity contribution in [3.8, 4) is 11.1 Å². The molecular formula is C38H42N2O5. The number of aliphatic hydroxyl groups excluding tert-OH is 1. The van der Waals surface area contributed by atoms with Crippen LogP contribution in [0.2, 0.25) is 0 Å². The van der Waals surface area contributed by atoms with Crippen LogP contribution < -0.4 is 5.32 Å². The molecule has 0 aliphatic carbocycles. The Hall–Kier alpha value is -4.27. The second-order valence-electron chi connectivity index (χ2n) is 11.5. The van der Waals surface area contributed by atoms with Crippen LogP contribution in [0.15, 0.2) is 116 Å². The topological polar surface area (TPSA) is 80.3 Å². The van der Waals surface area contributed by atoms with E-state index in [1.807, 2.05) is 54.6 Å². The summed E-state index contributed by atoms with van der Waals surface area (Å²) in [5.41, 5.74) is 7.15. The van der Waals surface area contributed by atoms with Gasteiger partial charge in [0.05, 0.1) is 18.8 Å². The number of rotatable bonds is 12. The van der Waals surface area contributed by atoms with E-state index in [1.54, 1.807) is 0 Å². The minimum Gasteiger partial charge on any atom is -0.445 e. The Kier molecular flexibility index (Phi) is 11.2. The molecule has 1 saturated heterocycles. The number of hydrogen-bond donors (Lipinski definition) is 2. The van der Waals surface area contributed by atoms with Gasteiger partial charge in [-0.1, -0.05) is 123 Å². The molecular weight excluding hydrogens is 564 g/mol. The Bertz CT molecular complexity index is 1520. The molecule has 5 rings (SSSR count). The van der Waals surface area contributed by atoms with Crippen LogP contribution in [-0.2, 0) is 33.9 Å². The van der Waals surface area contributed by atoms with Crippen molar-refractivity contribution in [2.24, 2.45) is 5.92 Å². The third kappa shape index (κ3) is 8.47. The lowest BCUT2D eigenvalue weighted by Gasteiger charge is -2.42. The van der Waals surface area contributed by atoms with Gasteiger partial charge in [0.2, 0.25) is 0 Å². The van der Waals surface area contributed by atoms with E-state index in [-0.39, 0.29) is 31.3 Å². The van der Waals surface area contributed by atoms with Crippen molar-refractivity contribution in [1.82, 2.24) is 10.2 Å². The summed E-state index contributed by atoms with van der Waals surface area (Å²) in [5, 5.41) is 12.4. The van der Waals surface area contributed by atoms with E-state index in [4.69, 9.17) is 14.2 Å². The first-order valence-corrected chi connectivity index (χ1v) is 15.4. The zero-order valence-corrected chi connectivity index (χ0v) is 26.0. The highest BCUT2D eigenvalue weighted by molar-refractivity contribution is 5.70. The smallest absolute Gasteiger partial charge is 0.407 e. The highest BCUT2D eigenvalue weighted by Crippen LogP contribution is 2.42. The molecule has 0 radical (unpaired) electrons. The first-order valence-electron chi connectivity index (χ1n) is 15.4. The molecule has 1 fully saturated rings. The van der Waals surface area contributed by atoms with E-state index in [9.17, 15) is 9.90 Å². The number of hydrogen-bond acceptors (Lipinski definition) is 6. The number of carbonyl (C=O) groups is 1. The van der Waals surface area contributed by atoms with Gasteiger partial charge in [0, 0.05) is 31.1 Å². The van der Waals surface area contributed by atoms with Gasteiger partial charge >= 0.3 is 6.09 Å². The summed E-state index contributed by atoms with van der Waals surface area (Å²) in [4.78, 5) is 14.3. The number of nitrogens with zero attached hydrogens (tertiary/aromatic N) is 1. The minimum absolute atomic E-state index is 0.00490. The molecule has 7 heteroatoms. The molecule has 4 aromatic carbocycles. The Labute approximate surface area is 266 Å². The van der Waals surface area contributed by atoms with Crippen molar-refractivity contribution in [2.45, 2.75) is 45.1 Å². The number of amides is 1. The maximum absolute atomic E-state index is 12.0. The lowest BCUT2D eigenvalue weighted by atomic mass is 9.90. The number of likely N-dealkylation sites (N-methyl/N-ethyl adjacent to an activating group) is 1. The van der Waals surface area contributed by atoms with E-state index in [2.05, 4.69) is 79.3 Å². The average molecular weight is 607 g/mol. The van der Waals surface area contributed by atoms with E-state index in [1.165, 1.54) is 11.6 Å². The minimum atomic E-state index is -0.551. The van der Waals surface area contributed by atoms with Crippen molar-refractivity contribution in [1.29, 1.82) is 0 Å². The van der Waals surface area contributed by atoms with E-state index in [0.717, 1.165) is 46.5 Å². The Balaban J connectivity index is 1.35. The van der Waals surface area contributed by atoms with E-state index in [0.29, 0.717) is 6.54 Å². The largest absolute Gasteiger partial charge is 0.445 e. The van der Waals surface area contributed by atoms with Crippen LogP contribution in [-0.4, -0.2) is 42.4 Å². The molecule has 1 amide bonds. The molecule has 0 spiro atoms. The van der Waals surface area contributed by atoms with Gasteiger partial charge in [-0.3, -0.25) is 4.90 Å². The molecule has 2 N–H and O–H groups in total. The Morgan fingerprint density at radius 2 is 1.60 bits per heavy atom. The fourth-order valence-electron chi connectivity index (χ4n) is 5.72. The van der Waals surface area contributed by atoms with Gasteiger partial charge in [0.15, 0.2) is 6.29 Å². The van der Waals surface area contributed by atoms with Crippen LogP contribution >= 0.6 is 0 Å². The summed E-state index contributed by atoms with van der Waals surface area (Å²) in [5.74, 6) is 0.0938. The van der Waals surface area contributed by atoms with E-state index < -0.39 is 12.4 Å². The summed E-state index contributed by atoms with van der Waals surface area (Å²) in [6, 6.07) is 34.7. The average Bonchev–Trinajstić information content (AvgIpc) is 3.08. The van der Waals surface area contributed by atoms with Gasteiger partial charge < -0.3 is 24.6 Å². The maximum atomic E-state index is 12.0. The van der Waals surface area contributed by atoms with Gasteiger partial charge in [-0.2, -0.15) is 0 Å². The fraction of sp³-hybridized carbons (Fsp3) is 0.289. The van der Waals surface area contributed by atoms with Gasteiger partial charge in [0.1, 0.15) is 6.61 Å². The Morgan fingerprint density at radius 1 is 0.911 bits per heavy atom. The quantitative estimate of drug-likeness (QED) is 0.166. The number of carbonyl (C=O) groups excluding carboxylic acids is 1. The molecule has 0 saturated carbocycles. The zero-order chi connectivity index (χ0) is 31.6. The van der Waals surface area contributed by atoms with Crippen molar-refractivity contribution in [3.63, 3.8) is 0 Å². The summed E-state index contributed by atoms with van der Waals surface area (Å²) in [6.45, 7) is 7.84. The Morgan fingerprint density at radius 3 is 2.31 bits per heavy atom. The van der Waals surface area contributed by atoms with Crippen LogP contribution in [0.3, 0.4) is 0 Å². The van der Waals surface area contributed by atoms with Gasteiger partial charge in [0.25, 0.3) is 0 Å². The van der Waals surface area contributed by atoms with Crippen LogP contribution in [0.25, 0.3) is 11.1 Å².